The van der Waals surface area contributed by atoms with E-state index in [0.717, 1.165) is 6.07 Å². The van der Waals surface area contributed by atoms with Crippen LogP contribution in [-0.4, -0.2) is 17.1 Å². The largest absolute Gasteiger partial charge is 0.393 e. The standard InChI is InChI=1S/C11H13ClFNO2/c1-7(15)2-5-11(16)14-8-3-4-9(12)10(13)6-8/h3-4,6-7,15H,2,5H2,1H3,(H,14,16). The molecular weight excluding hydrogens is 233 g/mol. The molecule has 0 fully saturated rings. The predicted octanol–water partition coefficient (Wildman–Crippen LogP) is 2.58. The quantitative estimate of drug-likeness (QED) is 0.857. The van der Waals surface area contributed by atoms with E-state index in [4.69, 9.17) is 16.7 Å². The molecule has 5 heteroatoms. The van der Waals surface area contributed by atoms with Gasteiger partial charge in [-0.1, -0.05) is 11.6 Å². The van der Waals surface area contributed by atoms with Crippen LogP contribution < -0.4 is 5.32 Å². The highest BCUT2D eigenvalue weighted by molar-refractivity contribution is 6.30. The molecule has 16 heavy (non-hydrogen) atoms. The molecule has 0 radical (unpaired) electrons. The summed E-state index contributed by atoms with van der Waals surface area (Å²) in [6, 6.07) is 4.05. The molecule has 3 nitrogen and oxygen atoms in total. The molecule has 0 spiro atoms. The molecule has 2 N–H and O–H groups in total. The summed E-state index contributed by atoms with van der Waals surface area (Å²) in [5.74, 6) is -0.836. The van der Waals surface area contributed by atoms with Gasteiger partial charge in [0.1, 0.15) is 5.82 Å². The molecule has 0 aliphatic carbocycles. The number of aliphatic hydroxyl groups is 1. The third-order valence-electron chi connectivity index (χ3n) is 1.99. The van der Waals surface area contributed by atoms with Gasteiger partial charge in [-0.2, -0.15) is 0 Å². The number of amides is 1. The summed E-state index contributed by atoms with van der Waals surface area (Å²) >= 11 is 5.50. The highest BCUT2D eigenvalue weighted by Gasteiger charge is 2.06. The lowest BCUT2D eigenvalue weighted by Gasteiger charge is -2.06. The van der Waals surface area contributed by atoms with Crippen LogP contribution in [0, 0.1) is 5.82 Å². The molecule has 1 rings (SSSR count). The second-order valence-electron chi connectivity index (χ2n) is 3.56. The van der Waals surface area contributed by atoms with Crippen LogP contribution >= 0.6 is 11.6 Å². The van der Waals surface area contributed by atoms with Crippen LogP contribution in [0.3, 0.4) is 0 Å². The van der Waals surface area contributed by atoms with Crippen LogP contribution in [0.2, 0.25) is 5.02 Å². The zero-order chi connectivity index (χ0) is 12.1. The van der Waals surface area contributed by atoms with E-state index >= 15 is 0 Å². The molecule has 1 aromatic rings. The number of carbonyl (C=O) groups is 1. The van der Waals surface area contributed by atoms with Crippen LogP contribution in [0.25, 0.3) is 0 Å². The van der Waals surface area contributed by atoms with Crippen LogP contribution in [0.4, 0.5) is 10.1 Å². The first-order valence-corrected chi connectivity index (χ1v) is 5.30. The Morgan fingerprint density at radius 1 is 1.62 bits per heavy atom. The summed E-state index contributed by atoms with van der Waals surface area (Å²) in [6.45, 7) is 1.61. The minimum Gasteiger partial charge on any atom is -0.393 e. The smallest absolute Gasteiger partial charge is 0.224 e. The lowest BCUT2D eigenvalue weighted by atomic mass is 10.2. The molecule has 1 aromatic carbocycles. The lowest BCUT2D eigenvalue weighted by Crippen LogP contribution is -2.14. The van der Waals surface area contributed by atoms with Crippen LogP contribution in [0.15, 0.2) is 18.2 Å². The van der Waals surface area contributed by atoms with Gasteiger partial charge in [0.05, 0.1) is 11.1 Å². The lowest BCUT2D eigenvalue weighted by molar-refractivity contribution is -0.116. The van der Waals surface area contributed by atoms with E-state index in [1.807, 2.05) is 0 Å². The van der Waals surface area contributed by atoms with Gasteiger partial charge in [-0.15, -0.1) is 0 Å². The second-order valence-corrected chi connectivity index (χ2v) is 3.97. The number of anilines is 1. The monoisotopic (exact) mass is 245 g/mol. The topological polar surface area (TPSA) is 49.3 Å². The molecule has 88 valence electrons. The Balaban J connectivity index is 2.53. The van der Waals surface area contributed by atoms with E-state index in [2.05, 4.69) is 5.32 Å². The Kier molecular flexibility index (Phi) is 4.71. The molecule has 1 amide bonds. The van der Waals surface area contributed by atoms with Gasteiger partial charge in [-0.25, -0.2) is 4.39 Å². The van der Waals surface area contributed by atoms with Crippen molar-refractivity contribution in [2.75, 3.05) is 5.32 Å². The fraction of sp³-hybridized carbons (Fsp3) is 0.364. The van der Waals surface area contributed by atoms with E-state index in [1.165, 1.54) is 12.1 Å². The Morgan fingerprint density at radius 3 is 2.88 bits per heavy atom. The van der Waals surface area contributed by atoms with Gasteiger partial charge >= 0.3 is 0 Å². The molecule has 0 saturated heterocycles. The first-order valence-electron chi connectivity index (χ1n) is 4.92. The van der Waals surface area contributed by atoms with Crippen molar-refractivity contribution in [3.8, 4) is 0 Å². The Bertz CT molecular complexity index is 382. The number of benzene rings is 1. The minimum atomic E-state index is -0.574. The highest BCUT2D eigenvalue weighted by Crippen LogP contribution is 2.18. The highest BCUT2D eigenvalue weighted by atomic mass is 35.5. The fourth-order valence-corrected chi connectivity index (χ4v) is 1.25. The maximum absolute atomic E-state index is 13.0. The van der Waals surface area contributed by atoms with E-state index < -0.39 is 11.9 Å². The average molecular weight is 246 g/mol. The van der Waals surface area contributed by atoms with Crippen LogP contribution in [-0.2, 0) is 4.79 Å². The van der Waals surface area contributed by atoms with Gasteiger partial charge in [-0.3, -0.25) is 4.79 Å². The van der Waals surface area contributed by atoms with Crippen LogP contribution in [0.5, 0.6) is 0 Å². The molecular formula is C11H13ClFNO2. The Hall–Kier alpha value is -1.13. The number of hydrogen-bond donors (Lipinski definition) is 2. The zero-order valence-corrected chi connectivity index (χ0v) is 9.59. The molecule has 0 saturated carbocycles. The Labute approximate surface area is 98.2 Å². The van der Waals surface area contributed by atoms with Crippen molar-refractivity contribution in [2.45, 2.75) is 25.9 Å². The van der Waals surface area contributed by atoms with Gasteiger partial charge in [0.15, 0.2) is 0 Å². The summed E-state index contributed by atoms with van der Waals surface area (Å²) in [6.07, 6.45) is 0.0526. The molecule has 0 aromatic heterocycles. The number of nitrogens with one attached hydrogen (secondary N) is 1. The van der Waals surface area contributed by atoms with E-state index in [9.17, 15) is 9.18 Å². The van der Waals surface area contributed by atoms with Gasteiger partial charge in [-0.05, 0) is 31.5 Å². The maximum atomic E-state index is 13.0. The van der Waals surface area contributed by atoms with Crippen molar-refractivity contribution in [1.82, 2.24) is 0 Å². The minimum absolute atomic E-state index is 0.0157. The summed E-state index contributed by atoms with van der Waals surface area (Å²) in [7, 11) is 0. The summed E-state index contributed by atoms with van der Waals surface area (Å²) in [5, 5.41) is 11.5. The van der Waals surface area contributed by atoms with E-state index in [0.29, 0.717) is 12.1 Å². The molecule has 0 aliphatic heterocycles. The van der Waals surface area contributed by atoms with Crippen molar-refractivity contribution in [3.63, 3.8) is 0 Å². The van der Waals surface area contributed by atoms with Gasteiger partial charge in [0.25, 0.3) is 0 Å². The number of carbonyl (C=O) groups excluding carboxylic acids is 1. The molecule has 1 unspecified atom stereocenters. The van der Waals surface area contributed by atoms with Crippen LogP contribution in [0.1, 0.15) is 19.8 Å². The number of aliphatic hydroxyl groups excluding tert-OH is 1. The summed E-state index contributed by atoms with van der Waals surface area (Å²) in [5.41, 5.74) is 0.359. The number of halogens is 2. The Morgan fingerprint density at radius 2 is 2.31 bits per heavy atom. The maximum Gasteiger partial charge on any atom is 0.224 e. The third-order valence-corrected chi connectivity index (χ3v) is 2.30. The summed E-state index contributed by atoms with van der Waals surface area (Å²) in [4.78, 5) is 11.3. The van der Waals surface area contributed by atoms with E-state index in [1.54, 1.807) is 6.92 Å². The third kappa shape index (κ3) is 4.16. The van der Waals surface area contributed by atoms with Crippen molar-refractivity contribution in [1.29, 1.82) is 0 Å². The molecule has 0 aliphatic rings. The first-order chi connectivity index (χ1) is 7.49. The van der Waals surface area contributed by atoms with Crippen molar-refractivity contribution >= 4 is 23.2 Å². The molecule has 0 heterocycles. The summed E-state index contributed by atoms with van der Waals surface area (Å²) < 4.78 is 13.0. The van der Waals surface area contributed by atoms with Gasteiger partial charge in [0.2, 0.25) is 5.91 Å². The SMILES string of the molecule is CC(O)CCC(=O)Nc1ccc(Cl)c(F)c1. The number of hydrogen-bond acceptors (Lipinski definition) is 2. The van der Waals surface area contributed by atoms with Crippen molar-refractivity contribution < 1.29 is 14.3 Å². The molecule has 1 atom stereocenters. The van der Waals surface area contributed by atoms with Crippen molar-refractivity contribution in [2.24, 2.45) is 0 Å². The van der Waals surface area contributed by atoms with Gasteiger partial charge in [0, 0.05) is 12.1 Å². The zero-order valence-electron chi connectivity index (χ0n) is 8.84. The normalized spacial score (nSPS) is 12.2. The van der Waals surface area contributed by atoms with E-state index in [-0.39, 0.29) is 17.4 Å². The molecule has 0 bridgehead atoms. The average Bonchev–Trinajstić information content (AvgIpc) is 2.21. The van der Waals surface area contributed by atoms with Gasteiger partial charge < -0.3 is 10.4 Å². The second kappa shape index (κ2) is 5.82. The number of rotatable bonds is 4. The first kappa shape index (κ1) is 12.9. The fourth-order valence-electron chi connectivity index (χ4n) is 1.14. The predicted molar refractivity (Wildman–Crippen MR) is 61.0 cm³/mol. The van der Waals surface area contributed by atoms with Crippen molar-refractivity contribution in [3.05, 3.63) is 29.0 Å².